The molecule has 0 saturated heterocycles. The highest BCUT2D eigenvalue weighted by molar-refractivity contribution is 7.17. The number of nitrogens with one attached hydrogen (secondary N) is 1. The van der Waals surface area contributed by atoms with Gasteiger partial charge in [0.1, 0.15) is 17.1 Å². The SMILES string of the molecule is Cc1cccc(F)c1NC(=O)c1cc2c(s1)-c1ccccc1N(C(=O)c1cccc(-c3cn(C(=O)OC(C)(C)C)c4ccccc34)n1)CC2. The third-order valence-electron chi connectivity index (χ3n) is 8.33. The summed E-state index contributed by atoms with van der Waals surface area (Å²) in [4.78, 5) is 48.5. The fraction of sp³-hybridized carbons (Fsp3) is 0.179. The molecule has 4 heterocycles. The Bertz CT molecular complexity index is 2260. The number of ether oxygens (including phenoxy) is 1. The van der Waals surface area contributed by atoms with Crippen LogP contribution >= 0.6 is 11.3 Å². The lowest BCUT2D eigenvalue weighted by Gasteiger charge is -2.23. The normalized spacial score (nSPS) is 12.6. The van der Waals surface area contributed by atoms with E-state index in [1.54, 1.807) is 42.3 Å². The molecule has 0 fully saturated rings. The van der Waals surface area contributed by atoms with Crippen LogP contribution < -0.4 is 10.2 Å². The van der Waals surface area contributed by atoms with E-state index >= 15 is 0 Å². The molecular weight excluding hydrogens is 640 g/mol. The van der Waals surface area contributed by atoms with Gasteiger partial charge in [0.15, 0.2) is 0 Å². The number of nitrogens with zero attached hydrogens (tertiary/aromatic N) is 3. The number of halogens is 1. The van der Waals surface area contributed by atoms with Crippen molar-refractivity contribution in [2.75, 3.05) is 16.8 Å². The van der Waals surface area contributed by atoms with Crippen molar-refractivity contribution in [3.63, 3.8) is 0 Å². The van der Waals surface area contributed by atoms with Crippen LogP contribution in [-0.4, -0.2) is 39.6 Å². The second-order valence-corrected chi connectivity index (χ2v) is 13.9. The van der Waals surface area contributed by atoms with Crippen molar-refractivity contribution in [3.05, 3.63) is 125 Å². The minimum atomic E-state index is -0.672. The minimum absolute atomic E-state index is 0.164. The van der Waals surface area contributed by atoms with Gasteiger partial charge in [0.05, 0.1) is 27.5 Å². The smallest absolute Gasteiger partial charge is 0.419 e. The largest absolute Gasteiger partial charge is 0.443 e. The summed E-state index contributed by atoms with van der Waals surface area (Å²) >= 11 is 1.32. The lowest BCUT2D eigenvalue weighted by Crippen LogP contribution is -2.33. The van der Waals surface area contributed by atoms with Crippen molar-refractivity contribution in [1.29, 1.82) is 0 Å². The van der Waals surface area contributed by atoms with Gasteiger partial charge >= 0.3 is 6.09 Å². The first-order valence-corrected chi connectivity index (χ1v) is 16.7. The molecule has 0 atom stereocenters. The number of rotatable bonds is 4. The van der Waals surface area contributed by atoms with E-state index in [0.29, 0.717) is 45.9 Å². The molecule has 0 unspecified atom stereocenters. The zero-order chi connectivity index (χ0) is 34.4. The van der Waals surface area contributed by atoms with Crippen molar-refractivity contribution in [1.82, 2.24) is 9.55 Å². The average Bonchev–Trinajstić information content (AvgIpc) is 3.65. The van der Waals surface area contributed by atoms with Crippen LogP contribution in [0.1, 0.15) is 52.1 Å². The molecule has 3 aromatic heterocycles. The van der Waals surface area contributed by atoms with E-state index in [4.69, 9.17) is 9.72 Å². The number of hydrogen-bond acceptors (Lipinski definition) is 6. The summed E-state index contributed by atoms with van der Waals surface area (Å²) in [6.45, 7) is 7.56. The second kappa shape index (κ2) is 12.4. The van der Waals surface area contributed by atoms with Crippen LogP contribution in [0.15, 0.2) is 97.2 Å². The van der Waals surface area contributed by atoms with Crippen LogP contribution in [-0.2, 0) is 11.2 Å². The van der Waals surface area contributed by atoms with E-state index in [2.05, 4.69) is 5.32 Å². The van der Waals surface area contributed by atoms with Crippen LogP contribution in [0.5, 0.6) is 0 Å². The lowest BCUT2D eigenvalue weighted by molar-refractivity contribution is 0.0544. The van der Waals surface area contributed by atoms with Crippen LogP contribution in [0.2, 0.25) is 0 Å². The molecule has 1 aliphatic heterocycles. The van der Waals surface area contributed by atoms with Gasteiger partial charge in [-0.2, -0.15) is 0 Å². The summed E-state index contributed by atoms with van der Waals surface area (Å²) in [6.07, 6.45) is 1.70. The van der Waals surface area contributed by atoms with E-state index in [1.807, 2.05) is 81.4 Å². The highest BCUT2D eigenvalue weighted by Crippen LogP contribution is 2.42. The Hall–Kier alpha value is -5.61. The second-order valence-electron chi connectivity index (χ2n) is 12.9. The van der Waals surface area contributed by atoms with Gasteiger partial charge in [0.25, 0.3) is 11.8 Å². The standard InChI is InChI=1S/C39H33FN4O4S/c1-23-11-9-14-28(40)34(23)42-36(45)33-21-24-19-20-43(32-18-8-6-13-26(32)35(24)49-33)37(46)30-16-10-15-29(41-30)27-22-44(38(47)48-39(2,3)4)31-17-7-5-12-25(27)31/h5-18,21-22H,19-20H2,1-4H3,(H,42,45). The van der Waals surface area contributed by atoms with E-state index in [9.17, 15) is 18.8 Å². The van der Waals surface area contributed by atoms with Crippen molar-refractivity contribution >= 4 is 51.5 Å². The number of hydrogen-bond donors (Lipinski definition) is 1. The third kappa shape index (κ3) is 6.11. The molecule has 7 rings (SSSR count). The summed E-state index contributed by atoms with van der Waals surface area (Å²) in [5.74, 6) is -1.14. The summed E-state index contributed by atoms with van der Waals surface area (Å²) in [5.41, 5.74) is 4.77. The molecule has 246 valence electrons. The van der Waals surface area contributed by atoms with Crippen molar-refractivity contribution in [3.8, 4) is 21.7 Å². The number of thiophene rings is 1. The number of pyridine rings is 1. The molecule has 0 radical (unpaired) electrons. The Balaban J connectivity index is 1.20. The Labute approximate surface area is 286 Å². The summed E-state index contributed by atoms with van der Waals surface area (Å²) in [7, 11) is 0. The monoisotopic (exact) mass is 672 g/mol. The quantitative estimate of drug-likeness (QED) is 0.202. The number of benzene rings is 3. The molecule has 8 nitrogen and oxygen atoms in total. The summed E-state index contributed by atoms with van der Waals surface area (Å²) in [5, 5.41) is 3.54. The van der Waals surface area contributed by atoms with E-state index in [0.717, 1.165) is 21.4 Å². The number of carbonyl (C=O) groups is 3. The highest BCUT2D eigenvalue weighted by atomic mass is 32.1. The molecule has 1 N–H and O–H groups in total. The first-order valence-electron chi connectivity index (χ1n) is 15.9. The van der Waals surface area contributed by atoms with Crippen LogP contribution in [0, 0.1) is 12.7 Å². The maximum atomic E-state index is 14.5. The van der Waals surface area contributed by atoms with Crippen LogP contribution in [0.25, 0.3) is 32.6 Å². The van der Waals surface area contributed by atoms with Gasteiger partial charge in [0, 0.05) is 34.1 Å². The summed E-state index contributed by atoms with van der Waals surface area (Å²) in [6, 6.07) is 26.9. The van der Waals surface area contributed by atoms with Gasteiger partial charge in [-0.25, -0.2) is 14.2 Å². The molecule has 10 heteroatoms. The third-order valence-corrected chi connectivity index (χ3v) is 9.54. The molecule has 0 aliphatic carbocycles. The van der Waals surface area contributed by atoms with Crippen LogP contribution in [0.3, 0.4) is 0 Å². The Kier molecular flexibility index (Phi) is 8.12. The van der Waals surface area contributed by atoms with Crippen molar-refractivity contribution in [2.45, 2.75) is 39.7 Å². The Morgan fingerprint density at radius 3 is 2.47 bits per heavy atom. The van der Waals surface area contributed by atoms with Gasteiger partial charge in [-0.15, -0.1) is 11.3 Å². The zero-order valence-corrected chi connectivity index (χ0v) is 28.2. The maximum Gasteiger partial charge on any atom is 0.419 e. The number of amides is 2. The molecule has 0 bridgehead atoms. The topological polar surface area (TPSA) is 93.5 Å². The van der Waals surface area contributed by atoms with Gasteiger partial charge in [-0.3, -0.25) is 14.2 Å². The maximum absolute atomic E-state index is 14.5. The van der Waals surface area contributed by atoms with Gasteiger partial charge < -0.3 is 15.0 Å². The number of anilines is 2. The fourth-order valence-corrected chi connectivity index (χ4v) is 7.21. The van der Waals surface area contributed by atoms with Crippen LogP contribution in [0.4, 0.5) is 20.6 Å². The number of aromatic nitrogens is 2. The molecule has 0 saturated carbocycles. The fourth-order valence-electron chi connectivity index (χ4n) is 6.07. The molecule has 2 amide bonds. The number of carbonyl (C=O) groups excluding carboxylic acids is 3. The highest BCUT2D eigenvalue weighted by Gasteiger charge is 2.29. The van der Waals surface area contributed by atoms with Gasteiger partial charge in [-0.05, 0) is 81.6 Å². The first-order chi connectivity index (χ1) is 23.5. The lowest BCUT2D eigenvalue weighted by atomic mass is 10.1. The Morgan fingerprint density at radius 2 is 1.67 bits per heavy atom. The van der Waals surface area contributed by atoms with E-state index < -0.39 is 17.5 Å². The molecule has 6 aromatic rings. The zero-order valence-electron chi connectivity index (χ0n) is 27.4. The number of para-hydroxylation sites is 3. The van der Waals surface area contributed by atoms with Crippen molar-refractivity contribution in [2.24, 2.45) is 0 Å². The van der Waals surface area contributed by atoms with Gasteiger partial charge in [0.2, 0.25) is 0 Å². The predicted molar refractivity (Wildman–Crippen MR) is 191 cm³/mol. The molecular formula is C39H33FN4O4S. The number of aryl methyl sites for hydroxylation is 1. The first kappa shape index (κ1) is 32.0. The van der Waals surface area contributed by atoms with E-state index in [-0.39, 0.29) is 23.2 Å². The number of fused-ring (bicyclic) bond motifs is 4. The molecule has 49 heavy (non-hydrogen) atoms. The van der Waals surface area contributed by atoms with Crippen molar-refractivity contribution < 1.29 is 23.5 Å². The molecule has 0 spiro atoms. The molecule has 1 aliphatic rings. The Morgan fingerprint density at radius 1 is 0.918 bits per heavy atom. The summed E-state index contributed by atoms with van der Waals surface area (Å²) < 4.78 is 21.6. The van der Waals surface area contributed by atoms with Gasteiger partial charge in [-0.1, -0.05) is 54.6 Å². The van der Waals surface area contributed by atoms with E-state index in [1.165, 1.54) is 22.0 Å². The molecule has 3 aromatic carbocycles. The predicted octanol–water partition coefficient (Wildman–Crippen LogP) is 9.12. The minimum Gasteiger partial charge on any atom is -0.443 e. The average molecular weight is 673 g/mol.